The summed E-state index contributed by atoms with van der Waals surface area (Å²) in [5.74, 6) is 1.41. The minimum atomic E-state index is 0.568. The average Bonchev–Trinajstić information content (AvgIpc) is 3.08. The van der Waals surface area contributed by atoms with Gasteiger partial charge in [-0.3, -0.25) is 0 Å². The lowest BCUT2D eigenvalue weighted by molar-refractivity contribution is 0.812. The molecule has 1 aliphatic carbocycles. The molecule has 1 saturated carbocycles. The van der Waals surface area contributed by atoms with E-state index >= 15 is 0 Å². The van der Waals surface area contributed by atoms with Crippen LogP contribution in [0, 0.1) is 11.3 Å². The molecule has 0 amide bonds. The van der Waals surface area contributed by atoms with Crippen LogP contribution in [0.25, 0.3) is 5.82 Å². The molecule has 0 spiro atoms. The van der Waals surface area contributed by atoms with Crippen molar-refractivity contribution in [1.82, 2.24) is 14.8 Å². The molecule has 0 bridgehead atoms. The van der Waals surface area contributed by atoms with Crippen molar-refractivity contribution in [2.24, 2.45) is 0 Å². The van der Waals surface area contributed by atoms with Gasteiger partial charge in [0.1, 0.15) is 6.07 Å². The number of hydrogen-bond acceptors (Lipinski definition) is 3. The van der Waals surface area contributed by atoms with Crippen molar-refractivity contribution < 1.29 is 0 Å². The van der Waals surface area contributed by atoms with Crippen LogP contribution in [0.2, 0.25) is 0 Å². The Morgan fingerprint density at radius 2 is 2.19 bits per heavy atom. The summed E-state index contributed by atoms with van der Waals surface area (Å²) in [5.41, 5.74) is 1.71. The Balaban J connectivity index is 1.92. The van der Waals surface area contributed by atoms with Crippen molar-refractivity contribution in [2.45, 2.75) is 18.8 Å². The highest BCUT2D eigenvalue weighted by molar-refractivity contribution is 5.32. The first-order valence-corrected chi connectivity index (χ1v) is 5.29. The minimum absolute atomic E-state index is 0.568. The van der Waals surface area contributed by atoms with E-state index in [4.69, 9.17) is 5.26 Å². The molecule has 0 saturated heterocycles. The molecule has 1 aliphatic rings. The normalized spacial score (nSPS) is 14.7. The summed E-state index contributed by atoms with van der Waals surface area (Å²) < 4.78 is 1.76. The highest BCUT2D eigenvalue weighted by Gasteiger charge is 2.25. The first kappa shape index (κ1) is 9.10. The second-order valence-electron chi connectivity index (χ2n) is 3.98. The summed E-state index contributed by atoms with van der Waals surface area (Å²) >= 11 is 0. The van der Waals surface area contributed by atoms with Crippen LogP contribution in [0.15, 0.2) is 30.6 Å². The van der Waals surface area contributed by atoms with Gasteiger partial charge >= 0.3 is 0 Å². The summed E-state index contributed by atoms with van der Waals surface area (Å²) in [6.45, 7) is 0. The Morgan fingerprint density at radius 1 is 1.31 bits per heavy atom. The maximum atomic E-state index is 8.67. The summed E-state index contributed by atoms with van der Waals surface area (Å²) in [5, 5.41) is 13.1. The van der Waals surface area contributed by atoms with Crippen molar-refractivity contribution in [3.8, 4) is 11.9 Å². The molecule has 78 valence electrons. The summed E-state index contributed by atoms with van der Waals surface area (Å²) in [4.78, 5) is 4.19. The van der Waals surface area contributed by atoms with E-state index < -0.39 is 0 Å². The van der Waals surface area contributed by atoms with Crippen molar-refractivity contribution in [3.05, 3.63) is 41.9 Å². The third kappa shape index (κ3) is 1.57. The second kappa shape index (κ2) is 3.46. The third-order valence-corrected chi connectivity index (χ3v) is 2.72. The van der Waals surface area contributed by atoms with Gasteiger partial charge in [-0.2, -0.15) is 10.4 Å². The van der Waals surface area contributed by atoms with Crippen molar-refractivity contribution in [3.63, 3.8) is 0 Å². The van der Waals surface area contributed by atoms with Crippen LogP contribution in [0.4, 0.5) is 0 Å². The minimum Gasteiger partial charge on any atom is -0.236 e. The van der Waals surface area contributed by atoms with Crippen LogP contribution in [-0.4, -0.2) is 14.8 Å². The molecular formula is C12H10N4. The molecule has 1 fully saturated rings. The van der Waals surface area contributed by atoms with Gasteiger partial charge in [0, 0.05) is 18.3 Å². The Hall–Kier alpha value is -2.15. The van der Waals surface area contributed by atoms with Gasteiger partial charge < -0.3 is 0 Å². The topological polar surface area (TPSA) is 54.5 Å². The molecule has 0 aliphatic heterocycles. The first-order valence-electron chi connectivity index (χ1n) is 5.29. The zero-order chi connectivity index (χ0) is 11.0. The molecule has 3 rings (SSSR count). The zero-order valence-electron chi connectivity index (χ0n) is 8.67. The third-order valence-electron chi connectivity index (χ3n) is 2.72. The number of nitriles is 1. The van der Waals surface area contributed by atoms with Crippen molar-refractivity contribution >= 4 is 0 Å². The van der Waals surface area contributed by atoms with Gasteiger partial charge in [0.25, 0.3) is 0 Å². The second-order valence-corrected chi connectivity index (χ2v) is 3.98. The van der Waals surface area contributed by atoms with Crippen LogP contribution >= 0.6 is 0 Å². The van der Waals surface area contributed by atoms with Crippen molar-refractivity contribution in [1.29, 1.82) is 5.26 Å². The Labute approximate surface area is 93.2 Å². The number of pyridine rings is 1. The van der Waals surface area contributed by atoms with Crippen LogP contribution in [0.5, 0.6) is 0 Å². The largest absolute Gasteiger partial charge is 0.236 e. The van der Waals surface area contributed by atoms with Gasteiger partial charge in [-0.05, 0) is 31.0 Å². The van der Waals surface area contributed by atoms with E-state index in [1.54, 1.807) is 16.9 Å². The molecule has 0 atom stereocenters. The molecule has 4 heteroatoms. The molecule has 0 N–H and O–H groups in total. The maximum absolute atomic E-state index is 8.67. The Morgan fingerprint density at radius 3 is 2.81 bits per heavy atom. The van der Waals surface area contributed by atoms with Gasteiger partial charge in [-0.25, -0.2) is 9.67 Å². The number of nitrogens with zero attached hydrogens (tertiary/aromatic N) is 4. The maximum Gasteiger partial charge on any atom is 0.153 e. The van der Waals surface area contributed by atoms with E-state index in [2.05, 4.69) is 10.1 Å². The van der Waals surface area contributed by atoms with E-state index in [-0.39, 0.29) is 0 Å². The molecular weight excluding hydrogens is 200 g/mol. The molecule has 0 radical (unpaired) electrons. The molecule has 0 aromatic carbocycles. The lowest BCUT2D eigenvalue weighted by Gasteiger charge is -1.99. The fourth-order valence-corrected chi connectivity index (χ4v) is 1.65. The van der Waals surface area contributed by atoms with Crippen LogP contribution < -0.4 is 0 Å². The van der Waals surface area contributed by atoms with Crippen LogP contribution in [-0.2, 0) is 0 Å². The zero-order valence-corrected chi connectivity index (χ0v) is 8.67. The number of aromatic nitrogens is 3. The van der Waals surface area contributed by atoms with E-state index in [0.29, 0.717) is 11.5 Å². The van der Waals surface area contributed by atoms with Gasteiger partial charge in [-0.15, -0.1) is 0 Å². The smallest absolute Gasteiger partial charge is 0.153 e. The number of hydrogen-bond donors (Lipinski definition) is 0. The molecule has 4 nitrogen and oxygen atoms in total. The fraction of sp³-hybridized carbons (Fsp3) is 0.250. The lowest BCUT2D eigenvalue weighted by Crippen LogP contribution is -1.98. The fourth-order valence-electron chi connectivity index (χ4n) is 1.65. The predicted octanol–water partition coefficient (Wildman–Crippen LogP) is 2.02. The standard InChI is InChI=1S/C12H10N4/c13-7-9-1-4-12(14-8-9)16-6-5-11(15-16)10-2-3-10/h1,4-6,8,10H,2-3H2. The van der Waals surface area contributed by atoms with E-state index in [9.17, 15) is 0 Å². The van der Waals surface area contributed by atoms with E-state index in [0.717, 1.165) is 11.5 Å². The highest BCUT2D eigenvalue weighted by atomic mass is 15.3. The first-order chi connectivity index (χ1) is 7.86. The van der Waals surface area contributed by atoms with E-state index in [1.807, 2.05) is 24.4 Å². The quantitative estimate of drug-likeness (QED) is 0.761. The summed E-state index contributed by atoms with van der Waals surface area (Å²) in [6, 6.07) is 7.64. The summed E-state index contributed by atoms with van der Waals surface area (Å²) in [7, 11) is 0. The van der Waals surface area contributed by atoms with Crippen LogP contribution in [0.3, 0.4) is 0 Å². The molecule has 0 unspecified atom stereocenters. The Bertz CT molecular complexity index is 543. The molecule has 16 heavy (non-hydrogen) atoms. The van der Waals surface area contributed by atoms with Crippen LogP contribution in [0.1, 0.15) is 30.0 Å². The molecule has 2 heterocycles. The summed E-state index contributed by atoms with van der Waals surface area (Å²) in [6.07, 6.45) is 5.98. The van der Waals surface area contributed by atoms with Gasteiger partial charge in [-0.1, -0.05) is 0 Å². The SMILES string of the molecule is N#Cc1ccc(-n2ccc(C3CC3)n2)nc1. The molecule has 2 aromatic rings. The molecule has 2 aromatic heterocycles. The van der Waals surface area contributed by atoms with Gasteiger partial charge in [0.15, 0.2) is 5.82 Å². The van der Waals surface area contributed by atoms with Gasteiger partial charge in [0.2, 0.25) is 0 Å². The Kier molecular flexibility index (Phi) is 1.97. The monoisotopic (exact) mass is 210 g/mol. The van der Waals surface area contributed by atoms with Gasteiger partial charge in [0.05, 0.1) is 11.3 Å². The number of rotatable bonds is 2. The average molecular weight is 210 g/mol. The highest BCUT2D eigenvalue weighted by Crippen LogP contribution is 2.38. The lowest BCUT2D eigenvalue weighted by atomic mass is 10.3. The predicted molar refractivity (Wildman–Crippen MR) is 58.0 cm³/mol. The van der Waals surface area contributed by atoms with E-state index in [1.165, 1.54) is 12.8 Å². The van der Waals surface area contributed by atoms with Crippen molar-refractivity contribution in [2.75, 3.05) is 0 Å².